The van der Waals surface area contributed by atoms with E-state index in [2.05, 4.69) is 22.1 Å². The van der Waals surface area contributed by atoms with Crippen LogP contribution >= 0.6 is 11.9 Å². The van der Waals surface area contributed by atoms with Crippen molar-refractivity contribution in [3.05, 3.63) is 47.7 Å². The highest BCUT2D eigenvalue weighted by Gasteiger charge is 2.19. The van der Waals surface area contributed by atoms with Gasteiger partial charge in [-0.15, -0.1) is 0 Å². The molecule has 0 unspecified atom stereocenters. The zero-order valence-electron chi connectivity index (χ0n) is 15.0. The van der Waals surface area contributed by atoms with Crippen LogP contribution in [-0.2, 0) is 11.3 Å². The summed E-state index contributed by atoms with van der Waals surface area (Å²) in [6, 6.07) is 9.50. The molecule has 26 heavy (non-hydrogen) atoms. The number of hydrogen-bond donors (Lipinski definition) is 2. The molecule has 1 heterocycles. The normalized spacial score (nSPS) is 10.4. The zero-order valence-corrected chi connectivity index (χ0v) is 15.8. The molecular formula is C18H24N4O3S. The van der Waals surface area contributed by atoms with Crippen molar-refractivity contribution < 1.29 is 14.3 Å². The summed E-state index contributed by atoms with van der Waals surface area (Å²) in [6.07, 6.45) is 3.56. The number of aromatic nitrogens is 2. The molecule has 2 amide bonds. The molecule has 0 atom stereocenters. The van der Waals surface area contributed by atoms with Crippen molar-refractivity contribution in [2.75, 3.05) is 13.2 Å². The number of esters is 1. The van der Waals surface area contributed by atoms with Gasteiger partial charge in [-0.1, -0.05) is 43.7 Å². The van der Waals surface area contributed by atoms with E-state index in [4.69, 9.17) is 4.74 Å². The van der Waals surface area contributed by atoms with E-state index < -0.39 is 5.97 Å². The summed E-state index contributed by atoms with van der Waals surface area (Å²) in [5.41, 5.74) is 1.40. The van der Waals surface area contributed by atoms with Crippen LogP contribution in [-0.4, -0.2) is 34.9 Å². The number of benzene rings is 1. The Labute approximate surface area is 157 Å². The van der Waals surface area contributed by atoms with Gasteiger partial charge >= 0.3 is 12.0 Å². The lowest BCUT2D eigenvalue weighted by atomic mass is 10.2. The predicted octanol–water partition coefficient (Wildman–Crippen LogP) is 3.21. The van der Waals surface area contributed by atoms with Gasteiger partial charge in [-0.3, -0.25) is 9.40 Å². The summed E-state index contributed by atoms with van der Waals surface area (Å²) in [6.45, 7) is 5.21. The Hall–Kier alpha value is -2.48. The fourth-order valence-corrected chi connectivity index (χ4v) is 2.84. The van der Waals surface area contributed by atoms with E-state index in [-0.39, 0.29) is 12.6 Å². The van der Waals surface area contributed by atoms with Crippen LogP contribution in [0.1, 0.15) is 42.6 Å². The highest BCUT2D eigenvalue weighted by molar-refractivity contribution is 7.98. The molecule has 1 aromatic carbocycles. The second kappa shape index (κ2) is 10.5. The number of rotatable bonds is 9. The molecule has 2 N–H and O–H groups in total. The third kappa shape index (κ3) is 6.11. The predicted molar refractivity (Wildman–Crippen MR) is 101 cm³/mol. The van der Waals surface area contributed by atoms with E-state index >= 15 is 0 Å². The number of urea groups is 1. The molecule has 2 aromatic rings. The van der Waals surface area contributed by atoms with Crippen LogP contribution in [0.3, 0.4) is 0 Å². The summed E-state index contributed by atoms with van der Waals surface area (Å²) in [7, 11) is 0. The largest absolute Gasteiger partial charge is 0.462 e. The van der Waals surface area contributed by atoms with E-state index in [0.29, 0.717) is 23.7 Å². The fraction of sp³-hybridized carbons (Fsp3) is 0.389. The summed E-state index contributed by atoms with van der Waals surface area (Å²) < 4.78 is 9.41. The number of nitrogens with zero attached hydrogens (tertiary/aromatic N) is 2. The average molecular weight is 376 g/mol. The second-order valence-corrected chi connectivity index (χ2v) is 6.36. The van der Waals surface area contributed by atoms with Gasteiger partial charge in [0.2, 0.25) is 0 Å². The molecule has 0 spiro atoms. The van der Waals surface area contributed by atoms with Gasteiger partial charge in [-0.25, -0.2) is 9.59 Å². The fourth-order valence-electron chi connectivity index (χ4n) is 2.19. The molecule has 0 aliphatic heterocycles. The third-order valence-corrected chi connectivity index (χ3v) is 4.25. The average Bonchev–Trinajstić information content (AvgIpc) is 3.04. The van der Waals surface area contributed by atoms with Crippen molar-refractivity contribution in [3.63, 3.8) is 0 Å². The van der Waals surface area contributed by atoms with E-state index in [1.165, 1.54) is 0 Å². The Morgan fingerprint density at radius 3 is 2.69 bits per heavy atom. The summed E-state index contributed by atoms with van der Waals surface area (Å²) >= 11 is 1.00. The highest BCUT2D eigenvalue weighted by atomic mass is 32.2. The number of carbonyl (C=O) groups excluding carboxylic acids is 2. The monoisotopic (exact) mass is 376 g/mol. The molecule has 1 aromatic heterocycles. The van der Waals surface area contributed by atoms with Crippen molar-refractivity contribution in [2.45, 2.75) is 38.3 Å². The van der Waals surface area contributed by atoms with Gasteiger partial charge in [0.1, 0.15) is 5.56 Å². The second-order valence-electron chi connectivity index (χ2n) is 5.57. The van der Waals surface area contributed by atoms with Crippen molar-refractivity contribution in [3.8, 4) is 0 Å². The van der Waals surface area contributed by atoms with Crippen LogP contribution in [0.4, 0.5) is 4.79 Å². The summed E-state index contributed by atoms with van der Waals surface area (Å²) in [5.74, 6) is -0.456. The van der Waals surface area contributed by atoms with Crippen LogP contribution in [0.15, 0.2) is 41.6 Å². The number of unbranched alkanes of at least 4 members (excludes halogenated alkanes) is 1. The van der Waals surface area contributed by atoms with Crippen molar-refractivity contribution in [1.29, 1.82) is 0 Å². The molecule has 8 heteroatoms. The van der Waals surface area contributed by atoms with Crippen LogP contribution in [0, 0.1) is 0 Å². The topological polar surface area (TPSA) is 85.3 Å². The molecule has 0 radical (unpaired) electrons. The molecule has 0 aliphatic carbocycles. The number of carbonyl (C=O) groups is 2. The van der Waals surface area contributed by atoms with Crippen LogP contribution < -0.4 is 10.0 Å². The van der Waals surface area contributed by atoms with Crippen LogP contribution in [0.2, 0.25) is 0 Å². The van der Waals surface area contributed by atoms with Crippen LogP contribution in [0.25, 0.3) is 0 Å². The van der Waals surface area contributed by atoms with Gasteiger partial charge in [0, 0.05) is 24.7 Å². The minimum atomic E-state index is -0.456. The standard InChI is InChI=1S/C18H24N4O3S/c1-3-5-11-19-18(24)21-26-16-15(17(23)25-4-2)13-22(20-16)12-14-9-7-6-8-10-14/h6-10,13H,3-5,11-12H2,1-2H3,(H2,19,21,24). The molecule has 2 rings (SSSR count). The van der Waals surface area contributed by atoms with Crippen molar-refractivity contribution in [2.24, 2.45) is 0 Å². The van der Waals surface area contributed by atoms with Crippen LogP contribution in [0.5, 0.6) is 0 Å². The minimum Gasteiger partial charge on any atom is -0.462 e. The maximum atomic E-state index is 12.2. The first kappa shape index (κ1) is 19.8. The van der Waals surface area contributed by atoms with Crippen molar-refractivity contribution in [1.82, 2.24) is 19.8 Å². The van der Waals surface area contributed by atoms with Gasteiger partial charge in [0.15, 0.2) is 5.03 Å². The van der Waals surface area contributed by atoms with Gasteiger partial charge in [0.25, 0.3) is 0 Å². The molecule has 7 nitrogen and oxygen atoms in total. The first-order valence-electron chi connectivity index (χ1n) is 8.63. The van der Waals surface area contributed by atoms with Gasteiger partial charge in [-0.2, -0.15) is 5.10 Å². The van der Waals surface area contributed by atoms with Gasteiger partial charge < -0.3 is 10.1 Å². The lowest BCUT2D eigenvalue weighted by Gasteiger charge is -2.05. The Morgan fingerprint density at radius 1 is 1.23 bits per heavy atom. The smallest absolute Gasteiger partial charge is 0.342 e. The molecule has 0 aliphatic rings. The van der Waals surface area contributed by atoms with Gasteiger partial charge in [-0.05, 0) is 18.9 Å². The number of hydrogen-bond acceptors (Lipinski definition) is 5. The first-order chi connectivity index (χ1) is 12.6. The molecular weight excluding hydrogens is 352 g/mol. The number of amides is 2. The SMILES string of the molecule is CCCCNC(=O)NSc1nn(Cc2ccccc2)cc1C(=O)OCC. The van der Waals surface area contributed by atoms with E-state index in [9.17, 15) is 9.59 Å². The lowest BCUT2D eigenvalue weighted by Crippen LogP contribution is -2.32. The summed E-state index contributed by atoms with van der Waals surface area (Å²) in [5, 5.41) is 7.57. The maximum absolute atomic E-state index is 12.2. The number of nitrogens with one attached hydrogen (secondary N) is 2. The molecule has 0 fully saturated rings. The molecule has 140 valence electrons. The molecule has 0 bridgehead atoms. The lowest BCUT2D eigenvalue weighted by molar-refractivity contribution is 0.0522. The van der Waals surface area contributed by atoms with Crippen molar-refractivity contribution >= 4 is 23.9 Å². The number of ether oxygens (including phenoxy) is 1. The molecule has 0 saturated carbocycles. The highest BCUT2D eigenvalue weighted by Crippen LogP contribution is 2.20. The quantitative estimate of drug-likeness (QED) is 0.399. The van der Waals surface area contributed by atoms with E-state index in [1.807, 2.05) is 30.3 Å². The Bertz CT molecular complexity index is 718. The summed E-state index contributed by atoms with van der Waals surface area (Å²) in [4.78, 5) is 24.0. The molecule has 0 saturated heterocycles. The zero-order chi connectivity index (χ0) is 18.8. The van der Waals surface area contributed by atoms with Gasteiger partial charge in [0.05, 0.1) is 13.2 Å². The first-order valence-corrected chi connectivity index (χ1v) is 9.44. The minimum absolute atomic E-state index is 0.276. The Morgan fingerprint density at radius 2 is 2.00 bits per heavy atom. The Kier molecular flexibility index (Phi) is 8.01. The third-order valence-electron chi connectivity index (χ3n) is 3.47. The van der Waals surface area contributed by atoms with E-state index in [1.54, 1.807) is 17.8 Å². The Balaban J connectivity index is 2.07. The maximum Gasteiger partial charge on any atom is 0.342 e. The van der Waals surface area contributed by atoms with E-state index in [0.717, 1.165) is 30.4 Å².